The van der Waals surface area contributed by atoms with Gasteiger partial charge in [0.1, 0.15) is 23.0 Å². The van der Waals surface area contributed by atoms with E-state index in [-0.39, 0.29) is 5.75 Å². The molecular formula is C21H24N4O2. The maximum absolute atomic E-state index is 10.8. The molecule has 2 N–H and O–H groups in total. The Morgan fingerprint density at radius 2 is 1.96 bits per heavy atom. The Labute approximate surface area is 157 Å². The van der Waals surface area contributed by atoms with Gasteiger partial charge in [-0.25, -0.2) is 9.97 Å². The lowest BCUT2D eigenvalue weighted by atomic mass is 9.96. The number of nitrogens with one attached hydrogen (secondary N) is 1. The van der Waals surface area contributed by atoms with Gasteiger partial charge in [-0.15, -0.1) is 0 Å². The van der Waals surface area contributed by atoms with Crippen molar-refractivity contribution in [1.82, 2.24) is 20.1 Å². The molecule has 0 spiro atoms. The van der Waals surface area contributed by atoms with E-state index in [0.29, 0.717) is 17.2 Å². The first-order valence-corrected chi connectivity index (χ1v) is 9.36. The van der Waals surface area contributed by atoms with Gasteiger partial charge in [0.05, 0.1) is 17.0 Å². The van der Waals surface area contributed by atoms with Gasteiger partial charge in [-0.2, -0.15) is 0 Å². The van der Waals surface area contributed by atoms with E-state index in [1.165, 1.54) is 0 Å². The van der Waals surface area contributed by atoms with Gasteiger partial charge in [-0.3, -0.25) is 0 Å². The smallest absolute Gasteiger partial charge is 0.142 e. The van der Waals surface area contributed by atoms with Crippen molar-refractivity contribution in [1.29, 1.82) is 0 Å². The normalized spacial score (nSPS) is 12.9. The van der Waals surface area contributed by atoms with Crippen molar-refractivity contribution in [3.05, 3.63) is 35.1 Å². The van der Waals surface area contributed by atoms with Gasteiger partial charge in [0.2, 0.25) is 0 Å². The minimum atomic E-state index is 0.201. The van der Waals surface area contributed by atoms with Gasteiger partial charge in [0.25, 0.3) is 0 Å². The van der Waals surface area contributed by atoms with Crippen molar-refractivity contribution in [2.45, 2.75) is 53.4 Å². The number of hydrogen-bond acceptors (Lipinski definition) is 5. The van der Waals surface area contributed by atoms with E-state index in [0.717, 1.165) is 57.6 Å². The van der Waals surface area contributed by atoms with E-state index in [4.69, 9.17) is 9.51 Å². The summed E-state index contributed by atoms with van der Waals surface area (Å²) in [7, 11) is 0. The van der Waals surface area contributed by atoms with Crippen LogP contribution in [-0.2, 0) is 0 Å². The summed E-state index contributed by atoms with van der Waals surface area (Å²) in [4.78, 5) is 12.7. The largest absolute Gasteiger partial charge is 0.507 e. The number of aryl methyl sites for hydroxylation is 3. The van der Waals surface area contributed by atoms with Gasteiger partial charge in [0.15, 0.2) is 0 Å². The average molecular weight is 364 g/mol. The molecule has 3 aromatic heterocycles. The molecule has 1 atom stereocenters. The number of phenols is 1. The third-order valence-corrected chi connectivity index (χ3v) is 5.20. The predicted molar refractivity (Wildman–Crippen MR) is 106 cm³/mol. The number of hydrogen-bond donors (Lipinski definition) is 2. The Balaban J connectivity index is 2.02. The number of phenolic OH excluding ortho intramolecular Hbond substituents is 1. The van der Waals surface area contributed by atoms with Crippen LogP contribution in [-0.4, -0.2) is 25.2 Å². The average Bonchev–Trinajstić information content (AvgIpc) is 3.13. The fraction of sp³-hybridized carbons (Fsp3) is 0.381. The van der Waals surface area contributed by atoms with E-state index in [9.17, 15) is 5.11 Å². The Kier molecular flexibility index (Phi) is 4.13. The van der Waals surface area contributed by atoms with Crippen LogP contribution in [0.1, 0.15) is 55.6 Å². The highest BCUT2D eigenvalue weighted by molar-refractivity contribution is 6.09. The zero-order valence-corrected chi connectivity index (χ0v) is 16.3. The molecular weight excluding hydrogens is 340 g/mol. The van der Waals surface area contributed by atoms with Gasteiger partial charge < -0.3 is 14.6 Å². The second-order valence-electron chi connectivity index (χ2n) is 7.31. The Hall–Kier alpha value is -2.89. The van der Waals surface area contributed by atoms with Gasteiger partial charge in [-0.1, -0.05) is 25.4 Å². The van der Waals surface area contributed by atoms with Crippen LogP contribution in [0.3, 0.4) is 0 Å². The van der Waals surface area contributed by atoms with Crippen molar-refractivity contribution in [2.24, 2.45) is 0 Å². The van der Waals surface area contributed by atoms with Crippen LogP contribution in [0.5, 0.6) is 5.75 Å². The molecule has 0 saturated carbocycles. The lowest BCUT2D eigenvalue weighted by Gasteiger charge is -2.12. The molecule has 0 fully saturated rings. The number of nitrogens with zero attached hydrogens (tertiary/aromatic N) is 3. The SMILES string of the molecule is CCCC(C)c1nc(C)nc2[nH]c3cc(-c4c(C)noc4C)c(O)cc3c12. The van der Waals surface area contributed by atoms with E-state index in [2.05, 4.69) is 29.0 Å². The minimum absolute atomic E-state index is 0.201. The lowest BCUT2D eigenvalue weighted by Crippen LogP contribution is -2.01. The monoisotopic (exact) mass is 364 g/mol. The molecule has 0 bridgehead atoms. The van der Waals surface area contributed by atoms with Gasteiger partial charge in [-0.05, 0) is 45.2 Å². The highest BCUT2D eigenvalue weighted by Gasteiger charge is 2.21. The van der Waals surface area contributed by atoms with Crippen LogP contribution in [0.15, 0.2) is 16.7 Å². The summed E-state index contributed by atoms with van der Waals surface area (Å²) >= 11 is 0. The van der Waals surface area contributed by atoms with Crippen LogP contribution in [0.4, 0.5) is 0 Å². The Morgan fingerprint density at radius 1 is 1.19 bits per heavy atom. The molecule has 0 aliphatic heterocycles. The number of fused-ring (bicyclic) bond motifs is 3. The fourth-order valence-electron chi connectivity index (χ4n) is 3.97. The lowest BCUT2D eigenvalue weighted by molar-refractivity contribution is 0.393. The second kappa shape index (κ2) is 6.37. The summed E-state index contributed by atoms with van der Waals surface area (Å²) < 4.78 is 5.28. The zero-order valence-electron chi connectivity index (χ0n) is 16.3. The standard InChI is InChI=1S/C21H24N4O2/c1-6-7-10(2)20-19-14-9-17(26)15(18-11(3)25-27-12(18)4)8-16(14)24-21(19)23-13(5)22-20/h8-10,26H,6-7H2,1-5H3,(H,22,23,24). The van der Waals surface area contributed by atoms with E-state index in [1.54, 1.807) is 6.07 Å². The first-order chi connectivity index (χ1) is 12.9. The van der Waals surface area contributed by atoms with Gasteiger partial charge in [0, 0.05) is 21.9 Å². The van der Waals surface area contributed by atoms with E-state index in [1.807, 2.05) is 26.8 Å². The summed E-state index contributed by atoms with van der Waals surface area (Å²) in [6.07, 6.45) is 2.15. The quantitative estimate of drug-likeness (QED) is 0.513. The summed E-state index contributed by atoms with van der Waals surface area (Å²) in [6.45, 7) is 10.0. The second-order valence-corrected chi connectivity index (χ2v) is 7.31. The van der Waals surface area contributed by atoms with Crippen LogP contribution < -0.4 is 0 Å². The molecule has 0 saturated heterocycles. The van der Waals surface area contributed by atoms with Gasteiger partial charge >= 0.3 is 0 Å². The molecule has 0 radical (unpaired) electrons. The van der Waals surface area contributed by atoms with Crippen LogP contribution in [0.2, 0.25) is 0 Å². The molecule has 27 heavy (non-hydrogen) atoms. The molecule has 0 amide bonds. The van der Waals surface area contributed by atoms with Crippen molar-refractivity contribution in [3.63, 3.8) is 0 Å². The molecule has 4 aromatic rings. The Morgan fingerprint density at radius 3 is 2.63 bits per heavy atom. The number of rotatable bonds is 4. The maximum Gasteiger partial charge on any atom is 0.142 e. The number of H-pyrrole nitrogens is 1. The third-order valence-electron chi connectivity index (χ3n) is 5.20. The number of aromatic nitrogens is 4. The topological polar surface area (TPSA) is 87.8 Å². The summed E-state index contributed by atoms with van der Waals surface area (Å²) in [5, 5.41) is 16.7. The van der Waals surface area contributed by atoms with Crippen molar-refractivity contribution in [2.75, 3.05) is 0 Å². The molecule has 0 aliphatic rings. The van der Waals surface area contributed by atoms with Crippen molar-refractivity contribution < 1.29 is 9.63 Å². The molecule has 1 unspecified atom stereocenters. The van der Waals surface area contributed by atoms with Crippen molar-refractivity contribution >= 4 is 21.9 Å². The summed E-state index contributed by atoms with van der Waals surface area (Å²) in [5.74, 6) is 1.96. The minimum Gasteiger partial charge on any atom is -0.507 e. The highest BCUT2D eigenvalue weighted by Crippen LogP contribution is 2.40. The molecule has 3 heterocycles. The van der Waals surface area contributed by atoms with E-state index >= 15 is 0 Å². The molecule has 140 valence electrons. The van der Waals surface area contributed by atoms with Crippen molar-refractivity contribution in [3.8, 4) is 16.9 Å². The van der Waals surface area contributed by atoms with Crippen LogP contribution >= 0.6 is 0 Å². The first kappa shape index (κ1) is 17.5. The predicted octanol–water partition coefficient (Wildman–Crippen LogP) is 5.30. The Bertz CT molecular complexity index is 1140. The van der Waals surface area contributed by atoms with Crippen LogP contribution in [0.25, 0.3) is 33.1 Å². The van der Waals surface area contributed by atoms with E-state index < -0.39 is 0 Å². The molecule has 4 rings (SSSR count). The molecule has 0 aliphatic carbocycles. The number of aromatic amines is 1. The fourth-order valence-corrected chi connectivity index (χ4v) is 3.97. The summed E-state index contributed by atoms with van der Waals surface area (Å²) in [5.41, 5.74) is 5.06. The third kappa shape index (κ3) is 2.76. The zero-order chi connectivity index (χ0) is 19.3. The van der Waals surface area contributed by atoms with Crippen LogP contribution in [0, 0.1) is 20.8 Å². The highest BCUT2D eigenvalue weighted by atomic mass is 16.5. The molecule has 6 heteroatoms. The number of benzene rings is 1. The molecule has 1 aromatic carbocycles. The number of aromatic hydroxyl groups is 1. The summed E-state index contributed by atoms with van der Waals surface area (Å²) in [6, 6.07) is 3.75. The molecule has 6 nitrogen and oxygen atoms in total. The first-order valence-electron chi connectivity index (χ1n) is 9.36. The maximum atomic E-state index is 10.8.